The molecule has 3 aromatic carbocycles. The standard InChI is InChI=1S/C41H57N7O8S/c1-8-42-41(52)37(27(2)3)46-38(49)29(5)43-26-34(22-30-12-10-9-11-13-30)45-40(51)33-23-32(39(50)44-28(4)31-14-16-36(55-7)17-15-31)24-35(25-33)47(6)57(53,54)48-18-20-56-21-19-48/h9-17,23-25,27-29,34,37,43H,8,18-22,26H2,1-7H3,(H,42,52)(H,44,50)(H,45,51)(H,46,49)/t28-,29+,34+,37+/m1/s1. The fourth-order valence-electron chi connectivity index (χ4n) is 6.25. The number of amides is 4. The molecule has 0 aliphatic carbocycles. The molecule has 0 bridgehead atoms. The van der Waals surface area contributed by atoms with Crippen LogP contribution in [0.15, 0.2) is 72.8 Å². The predicted molar refractivity (Wildman–Crippen MR) is 219 cm³/mol. The predicted octanol–water partition coefficient (Wildman–Crippen LogP) is 2.80. The Labute approximate surface area is 336 Å². The van der Waals surface area contributed by atoms with Gasteiger partial charge in [0.2, 0.25) is 11.8 Å². The molecule has 0 radical (unpaired) electrons. The van der Waals surface area contributed by atoms with Crippen LogP contribution < -0.4 is 35.6 Å². The van der Waals surface area contributed by atoms with Gasteiger partial charge in [0, 0.05) is 50.4 Å². The molecule has 0 aromatic heterocycles. The largest absolute Gasteiger partial charge is 0.497 e. The number of benzene rings is 3. The summed E-state index contributed by atoms with van der Waals surface area (Å²) >= 11 is 0. The molecule has 0 unspecified atom stereocenters. The van der Waals surface area contributed by atoms with Gasteiger partial charge < -0.3 is 36.1 Å². The van der Waals surface area contributed by atoms with Gasteiger partial charge in [-0.05, 0) is 74.6 Å². The lowest BCUT2D eigenvalue weighted by molar-refractivity contribution is -0.130. The van der Waals surface area contributed by atoms with Crippen molar-refractivity contribution in [1.29, 1.82) is 0 Å². The van der Waals surface area contributed by atoms with Crippen LogP contribution in [0.1, 0.15) is 72.5 Å². The van der Waals surface area contributed by atoms with Crippen molar-refractivity contribution >= 4 is 39.5 Å². The Bertz CT molecular complexity index is 1920. The fourth-order valence-corrected chi connectivity index (χ4v) is 7.57. The Kier molecular flexibility index (Phi) is 16.4. The summed E-state index contributed by atoms with van der Waals surface area (Å²) in [6, 6.07) is 18.6. The summed E-state index contributed by atoms with van der Waals surface area (Å²) in [5.41, 5.74) is 2.00. The molecular weight excluding hydrogens is 751 g/mol. The molecule has 4 amide bonds. The van der Waals surface area contributed by atoms with E-state index in [9.17, 15) is 27.6 Å². The van der Waals surface area contributed by atoms with Crippen LogP contribution >= 0.6 is 0 Å². The van der Waals surface area contributed by atoms with Crippen LogP contribution in [0.4, 0.5) is 5.69 Å². The first-order valence-electron chi connectivity index (χ1n) is 19.2. The van der Waals surface area contributed by atoms with Gasteiger partial charge in [0.1, 0.15) is 11.8 Å². The van der Waals surface area contributed by atoms with Crippen LogP contribution in [-0.2, 0) is 31.0 Å². The van der Waals surface area contributed by atoms with Crippen LogP contribution in [0, 0.1) is 5.92 Å². The first kappa shape index (κ1) is 44.7. The van der Waals surface area contributed by atoms with Crippen molar-refractivity contribution in [2.24, 2.45) is 5.92 Å². The maximum absolute atomic E-state index is 14.2. The Morgan fingerprint density at radius 1 is 0.842 bits per heavy atom. The minimum absolute atomic E-state index is 0.0596. The van der Waals surface area contributed by atoms with Gasteiger partial charge in [0.05, 0.1) is 38.1 Å². The molecule has 310 valence electrons. The number of ether oxygens (including phenoxy) is 2. The monoisotopic (exact) mass is 807 g/mol. The molecule has 4 atom stereocenters. The summed E-state index contributed by atoms with van der Waals surface area (Å²) in [7, 11) is -1.10. The highest BCUT2D eigenvalue weighted by atomic mass is 32.2. The zero-order valence-corrected chi connectivity index (χ0v) is 34.6. The maximum atomic E-state index is 14.2. The van der Waals surface area contributed by atoms with Crippen molar-refractivity contribution in [3.05, 3.63) is 95.1 Å². The third-order valence-electron chi connectivity index (χ3n) is 9.73. The smallest absolute Gasteiger partial charge is 0.303 e. The Hall–Kier alpha value is -5.03. The highest BCUT2D eigenvalue weighted by molar-refractivity contribution is 7.90. The molecule has 1 saturated heterocycles. The van der Waals surface area contributed by atoms with E-state index in [0.717, 1.165) is 15.4 Å². The third-order valence-corrected chi connectivity index (χ3v) is 11.7. The minimum Gasteiger partial charge on any atom is -0.497 e. The Morgan fingerprint density at radius 3 is 2.04 bits per heavy atom. The number of methoxy groups -OCH3 is 1. The molecular formula is C41H57N7O8S. The van der Waals surface area contributed by atoms with Gasteiger partial charge in [-0.1, -0.05) is 56.3 Å². The van der Waals surface area contributed by atoms with E-state index >= 15 is 0 Å². The summed E-state index contributed by atoms with van der Waals surface area (Å²) in [5, 5.41) is 14.8. The third kappa shape index (κ3) is 12.5. The lowest BCUT2D eigenvalue weighted by atomic mass is 10.0. The van der Waals surface area contributed by atoms with E-state index < -0.39 is 46.2 Å². The molecule has 16 heteroatoms. The van der Waals surface area contributed by atoms with E-state index in [1.807, 2.05) is 70.2 Å². The fraction of sp³-hybridized carbons (Fsp3) is 0.463. The molecule has 0 spiro atoms. The van der Waals surface area contributed by atoms with E-state index in [4.69, 9.17) is 9.47 Å². The summed E-state index contributed by atoms with van der Waals surface area (Å²) in [6.07, 6.45) is 0.388. The van der Waals surface area contributed by atoms with E-state index in [-0.39, 0.29) is 67.4 Å². The van der Waals surface area contributed by atoms with Crippen molar-refractivity contribution in [3.8, 4) is 5.75 Å². The van der Waals surface area contributed by atoms with Crippen LogP contribution in [0.5, 0.6) is 5.75 Å². The molecule has 0 saturated carbocycles. The lowest BCUT2D eigenvalue weighted by Crippen LogP contribution is -2.55. The first-order valence-corrected chi connectivity index (χ1v) is 20.6. The molecule has 5 N–H and O–H groups in total. The number of hydrogen-bond acceptors (Lipinski definition) is 9. The quantitative estimate of drug-likeness (QED) is 0.121. The second-order valence-corrected chi connectivity index (χ2v) is 16.3. The van der Waals surface area contributed by atoms with Gasteiger partial charge in [-0.25, -0.2) is 0 Å². The molecule has 3 aromatic rings. The van der Waals surface area contributed by atoms with E-state index in [1.54, 1.807) is 26.2 Å². The number of anilines is 1. The number of rotatable bonds is 19. The number of carbonyl (C=O) groups is 4. The van der Waals surface area contributed by atoms with Crippen LogP contribution in [0.2, 0.25) is 0 Å². The number of hydrogen-bond donors (Lipinski definition) is 5. The minimum atomic E-state index is -4.05. The Morgan fingerprint density at radius 2 is 1.46 bits per heavy atom. The average molecular weight is 808 g/mol. The molecule has 57 heavy (non-hydrogen) atoms. The van der Waals surface area contributed by atoms with Crippen molar-refractivity contribution in [3.63, 3.8) is 0 Å². The van der Waals surface area contributed by atoms with Gasteiger partial charge >= 0.3 is 10.2 Å². The van der Waals surface area contributed by atoms with Crippen molar-refractivity contribution in [1.82, 2.24) is 30.9 Å². The van der Waals surface area contributed by atoms with Crippen molar-refractivity contribution in [2.75, 3.05) is 57.9 Å². The van der Waals surface area contributed by atoms with Crippen molar-refractivity contribution < 1.29 is 37.1 Å². The average Bonchev–Trinajstić information content (AvgIpc) is 3.21. The second-order valence-electron chi connectivity index (χ2n) is 14.3. The number of likely N-dealkylation sites (N-methyl/N-ethyl adjacent to an activating group) is 1. The number of carbonyl (C=O) groups excluding carboxylic acids is 4. The van der Waals surface area contributed by atoms with Gasteiger partial charge in [0.25, 0.3) is 11.8 Å². The SMILES string of the molecule is CCNC(=O)[C@@H](NC(=O)[C@H](C)NC[C@H](Cc1ccccc1)NC(=O)c1cc(C(=O)N[C@H](C)c2ccc(OC)cc2)cc(N(C)S(=O)(=O)N2CCOCC2)c1)C(C)C. The maximum Gasteiger partial charge on any atom is 0.303 e. The Balaban J connectivity index is 1.61. The molecule has 1 aliphatic rings. The van der Waals surface area contributed by atoms with Crippen LogP contribution in [-0.4, -0.2) is 108 Å². The highest BCUT2D eigenvalue weighted by Gasteiger charge is 2.31. The number of morpholine rings is 1. The van der Waals surface area contributed by atoms with Crippen LogP contribution in [0.25, 0.3) is 0 Å². The summed E-state index contributed by atoms with van der Waals surface area (Å²) in [5.74, 6) is -1.19. The topological polar surface area (TPSA) is 188 Å². The second kappa shape index (κ2) is 20.9. The van der Waals surface area contributed by atoms with Gasteiger partial charge in [-0.15, -0.1) is 0 Å². The van der Waals surface area contributed by atoms with Gasteiger partial charge in [-0.3, -0.25) is 23.5 Å². The normalized spacial score (nSPS) is 15.4. The zero-order chi connectivity index (χ0) is 41.7. The summed E-state index contributed by atoms with van der Waals surface area (Å²) < 4.78 is 40.5. The number of nitrogens with zero attached hydrogens (tertiary/aromatic N) is 2. The van der Waals surface area contributed by atoms with E-state index in [1.165, 1.54) is 29.6 Å². The molecule has 4 rings (SSSR count). The first-order chi connectivity index (χ1) is 27.1. The molecule has 1 fully saturated rings. The lowest BCUT2D eigenvalue weighted by Gasteiger charge is -2.31. The summed E-state index contributed by atoms with van der Waals surface area (Å²) in [4.78, 5) is 53.8. The molecule has 1 heterocycles. The van der Waals surface area contributed by atoms with Crippen LogP contribution in [0.3, 0.4) is 0 Å². The molecule has 15 nitrogen and oxygen atoms in total. The molecule has 1 aliphatic heterocycles. The van der Waals surface area contributed by atoms with E-state index in [2.05, 4.69) is 26.6 Å². The summed E-state index contributed by atoms with van der Waals surface area (Å²) in [6.45, 7) is 10.4. The highest BCUT2D eigenvalue weighted by Crippen LogP contribution is 2.25. The van der Waals surface area contributed by atoms with Gasteiger partial charge in [0.15, 0.2) is 0 Å². The van der Waals surface area contributed by atoms with E-state index in [0.29, 0.717) is 18.7 Å². The number of nitrogens with one attached hydrogen (secondary N) is 5. The zero-order valence-electron chi connectivity index (χ0n) is 33.8. The van der Waals surface area contributed by atoms with Crippen molar-refractivity contribution in [2.45, 2.75) is 65.2 Å². The van der Waals surface area contributed by atoms with Gasteiger partial charge in [-0.2, -0.15) is 12.7 Å².